The van der Waals surface area contributed by atoms with Crippen molar-refractivity contribution in [1.82, 2.24) is 0 Å². The summed E-state index contributed by atoms with van der Waals surface area (Å²) in [6.07, 6.45) is 0. The number of hydrogen-bond acceptors (Lipinski definition) is 5. The summed E-state index contributed by atoms with van der Waals surface area (Å²) in [6.45, 7) is -0.171. The lowest BCUT2D eigenvalue weighted by Crippen LogP contribution is -2.09. The van der Waals surface area contributed by atoms with Gasteiger partial charge < -0.3 is 14.2 Å². The maximum atomic E-state index is 12.2. The van der Waals surface area contributed by atoms with E-state index < -0.39 is 16.0 Å². The van der Waals surface area contributed by atoms with Crippen LogP contribution in [0.1, 0.15) is 0 Å². The van der Waals surface area contributed by atoms with Crippen LogP contribution < -0.4 is 14.2 Å². The van der Waals surface area contributed by atoms with Gasteiger partial charge in [0.2, 0.25) is 12.5 Å². The van der Waals surface area contributed by atoms with E-state index in [1.54, 1.807) is 18.2 Å². The quantitative estimate of drug-likeness (QED) is 0.746. The third-order valence-corrected chi connectivity index (χ3v) is 2.60. The summed E-state index contributed by atoms with van der Waals surface area (Å²) in [6, 6.07) is 4.96. The lowest BCUT2D eigenvalue weighted by atomic mass is 10.3. The first-order chi connectivity index (χ1) is 7.56. The maximum absolute atomic E-state index is 12.2. The second kappa shape index (κ2) is 4.17. The SMILES string of the molecule is O=S(=O)(F)CCOc1cccc2c1OCO2. The van der Waals surface area contributed by atoms with Gasteiger partial charge in [0, 0.05) is 0 Å². The van der Waals surface area contributed by atoms with Crippen LogP contribution in [-0.4, -0.2) is 27.6 Å². The smallest absolute Gasteiger partial charge is 0.305 e. The molecule has 1 aromatic carbocycles. The van der Waals surface area contributed by atoms with Crippen molar-refractivity contribution in [1.29, 1.82) is 0 Å². The molecule has 1 aliphatic heterocycles. The van der Waals surface area contributed by atoms with Crippen LogP contribution >= 0.6 is 0 Å². The predicted octanol–water partition coefficient (Wildman–Crippen LogP) is 1.09. The predicted molar refractivity (Wildman–Crippen MR) is 53.0 cm³/mol. The van der Waals surface area contributed by atoms with E-state index in [0.717, 1.165) is 0 Å². The topological polar surface area (TPSA) is 61.8 Å². The second-order valence-corrected chi connectivity index (χ2v) is 4.57. The molecule has 7 heteroatoms. The number of halogens is 1. The Morgan fingerprint density at radius 3 is 2.94 bits per heavy atom. The van der Waals surface area contributed by atoms with Crippen molar-refractivity contribution < 1.29 is 26.5 Å². The van der Waals surface area contributed by atoms with E-state index in [2.05, 4.69) is 0 Å². The molecule has 1 heterocycles. The van der Waals surface area contributed by atoms with E-state index in [4.69, 9.17) is 14.2 Å². The van der Waals surface area contributed by atoms with E-state index in [-0.39, 0.29) is 13.4 Å². The van der Waals surface area contributed by atoms with Gasteiger partial charge in [0.15, 0.2) is 11.5 Å². The third-order valence-electron chi connectivity index (χ3n) is 1.95. The monoisotopic (exact) mass is 248 g/mol. The van der Waals surface area contributed by atoms with Crippen LogP contribution in [-0.2, 0) is 10.2 Å². The van der Waals surface area contributed by atoms with Gasteiger partial charge in [0.05, 0.1) is 0 Å². The molecule has 0 radical (unpaired) electrons. The molecule has 0 aromatic heterocycles. The Morgan fingerprint density at radius 2 is 2.19 bits per heavy atom. The van der Waals surface area contributed by atoms with E-state index in [0.29, 0.717) is 17.2 Å². The molecule has 5 nitrogen and oxygen atoms in total. The van der Waals surface area contributed by atoms with Gasteiger partial charge >= 0.3 is 10.2 Å². The lowest BCUT2D eigenvalue weighted by Gasteiger charge is -2.06. The first-order valence-electron chi connectivity index (χ1n) is 4.50. The van der Waals surface area contributed by atoms with Crippen molar-refractivity contribution >= 4 is 10.2 Å². The number of fused-ring (bicyclic) bond motifs is 1. The van der Waals surface area contributed by atoms with Crippen molar-refractivity contribution in [2.45, 2.75) is 0 Å². The van der Waals surface area contributed by atoms with Crippen molar-refractivity contribution in [3.05, 3.63) is 18.2 Å². The van der Waals surface area contributed by atoms with Gasteiger partial charge in [-0.1, -0.05) is 6.07 Å². The van der Waals surface area contributed by atoms with Gasteiger partial charge in [-0.3, -0.25) is 0 Å². The molecule has 2 rings (SSSR count). The number of rotatable bonds is 4. The minimum atomic E-state index is -4.51. The van der Waals surface area contributed by atoms with Crippen molar-refractivity contribution in [2.24, 2.45) is 0 Å². The largest absolute Gasteiger partial charge is 0.488 e. The molecule has 0 N–H and O–H groups in total. The molecule has 0 fully saturated rings. The van der Waals surface area contributed by atoms with Crippen LogP contribution in [0.2, 0.25) is 0 Å². The van der Waals surface area contributed by atoms with Crippen molar-refractivity contribution in [3.63, 3.8) is 0 Å². The molecule has 0 saturated carbocycles. The Labute approximate surface area is 91.9 Å². The minimum Gasteiger partial charge on any atom is -0.488 e. The standard InChI is InChI=1S/C9H9FO5S/c10-16(11,12)5-4-13-7-2-1-3-8-9(7)15-6-14-8/h1-3H,4-6H2. The molecule has 0 atom stereocenters. The van der Waals surface area contributed by atoms with E-state index >= 15 is 0 Å². The fourth-order valence-electron chi connectivity index (χ4n) is 1.27. The molecule has 16 heavy (non-hydrogen) atoms. The summed E-state index contributed by atoms with van der Waals surface area (Å²) < 4.78 is 48.0. The summed E-state index contributed by atoms with van der Waals surface area (Å²) in [7, 11) is -4.51. The zero-order chi connectivity index (χ0) is 11.6. The van der Waals surface area contributed by atoms with Gasteiger partial charge in [-0.05, 0) is 12.1 Å². The van der Waals surface area contributed by atoms with Gasteiger partial charge in [0.25, 0.3) is 0 Å². The Kier molecular flexibility index (Phi) is 2.86. The highest BCUT2D eigenvalue weighted by Crippen LogP contribution is 2.40. The van der Waals surface area contributed by atoms with Gasteiger partial charge in [-0.15, -0.1) is 3.89 Å². The molecule has 0 amide bonds. The molecular formula is C9H9FO5S. The molecule has 0 aliphatic carbocycles. The van der Waals surface area contributed by atoms with Gasteiger partial charge in [0.1, 0.15) is 12.4 Å². The van der Waals surface area contributed by atoms with Crippen LogP contribution in [0.3, 0.4) is 0 Å². The van der Waals surface area contributed by atoms with E-state index in [9.17, 15) is 12.3 Å². The summed E-state index contributed by atoms with van der Waals surface area (Å²) in [5.41, 5.74) is 0. The molecule has 1 aromatic rings. The van der Waals surface area contributed by atoms with Gasteiger partial charge in [-0.25, -0.2) is 0 Å². The zero-order valence-corrected chi connectivity index (χ0v) is 9.00. The Hall–Kier alpha value is -1.50. The third kappa shape index (κ3) is 2.54. The number of ether oxygens (including phenoxy) is 3. The fraction of sp³-hybridized carbons (Fsp3) is 0.333. The highest BCUT2D eigenvalue weighted by atomic mass is 32.3. The highest BCUT2D eigenvalue weighted by Gasteiger charge is 2.18. The van der Waals surface area contributed by atoms with Gasteiger partial charge in [-0.2, -0.15) is 8.42 Å². The van der Waals surface area contributed by atoms with Crippen LogP contribution in [0.15, 0.2) is 18.2 Å². The maximum Gasteiger partial charge on any atom is 0.305 e. The van der Waals surface area contributed by atoms with Crippen LogP contribution in [0.4, 0.5) is 3.89 Å². The zero-order valence-electron chi connectivity index (χ0n) is 8.18. The van der Waals surface area contributed by atoms with Crippen molar-refractivity contribution in [3.8, 4) is 17.2 Å². The van der Waals surface area contributed by atoms with Crippen LogP contribution in [0.5, 0.6) is 17.2 Å². The number of para-hydroxylation sites is 1. The highest BCUT2D eigenvalue weighted by molar-refractivity contribution is 7.86. The molecule has 0 saturated heterocycles. The lowest BCUT2D eigenvalue weighted by molar-refractivity contribution is 0.170. The molecule has 0 unspecified atom stereocenters. The molecular weight excluding hydrogens is 239 g/mol. The average Bonchev–Trinajstić information content (AvgIpc) is 2.64. The van der Waals surface area contributed by atoms with E-state index in [1.807, 2.05) is 0 Å². The minimum absolute atomic E-state index is 0.0944. The number of benzene rings is 1. The molecule has 1 aliphatic rings. The second-order valence-electron chi connectivity index (χ2n) is 3.08. The van der Waals surface area contributed by atoms with Crippen molar-refractivity contribution in [2.75, 3.05) is 19.2 Å². The fourth-order valence-corrected chi connectivity index (χ4v) is 1.55. The average molecular weight is 248 g/mol. The Balaban J connectivity index is 2.03. The van der Waals surface area contributed by atoms with E-state index in [1.165, 1.54) is 0 Å². The first-order valence-corrected chi connectivity index (χ1v) is 6.05. The molecule has 0 bridgehead atoms. The Bertz CT molecular complexity index is 485. The van der Waals surface area contributed by atoms with Crippen LogP contribution in [0, 0.1) is 0 Å². The summed E-state index contributed by atoms with van der Waals surface area (Å²) in [5.74, 6) is 0.607. The summed E-state index contributed by atoms with van der Waals surface area (Å²) in [5, 5.41) is 0. The molecule has 0 spiro atoms. The van der Waals surface area contributed by atoms with Crippen LogP contribution in [0.25, 0.3) is 0 Å². The first kappa shape index (κ1) is 11.0. The Morgan fingerprint density at radius 1 is 1.38 bits per heavy atom. The summed E-state index contributed by atoms with van der Waals surface area (Å²) >= 11 is 0. The number of hydrogen-bond donors (Lipinski definition) is 0. The molecule has 88 valence electrons. The summed E-state index contributed by atoms with van der Waals surface area (Å²) in [4.78, 5) is 0. The normalized spacial score (nSPS) is 13.8.